The summed E-state index contributed by atoms with van der Waals surface area (Å²) in [5.41, 5.74) is 1.69. The van der Waals surface area contributed by atoms with E-state index in [1.54, 1.807) is 14.2 Å². The van der Waals surface area contributed by atoms with Crippen molar-refractivity contribution < 1.29 is 14.3 Å². The summed E-state index contributed by atoms with van der Waals surface area (Å²) < 4.78 is 10.7. The largest absolute Gasteiger partial charge is 0.493 e. The Morgan fingerprint density at radius 1 is 0.935 bits per heavy atom. The zero-order valence-corrected chi connectivity index (χ0v) is 18.3. The molecule has 1 saturated carbocycles. The summed E-state index contributed by atoms with van der Waals surface area (Å²) in [4.78, 5) is 16.6. The lowest BCUT2D eigenvalue weighted by atomic mass is 9.96. The van der Waals surface area contributed by atoms with Gasteiger partial charge in [-0.2, -0.15) is 0 Å². The van der Waals surface area contributed by atoms with Crippen LogP contribution in [0, 0.1) is 0 Å². The Kier molecular flexibility index (Phi) is 6.74. The Bertz CT molecular complexity index is 875. The maximum absolute atomic E-state index is 12.6. The fourth-order valence-corrected chi connectivity index (χ4v) is 4.29. The van der Waals surface area contributed by atoms with Crippen molar-refractivity contribution in [1.29, 1.82) is 0 Å². The third kappa shape index (κ3) is 5.00. The van der Waals surface area contributed by atoms with Crippen LogP contribution in [0.1, 0.15) is 32.1 Å². The number of benzene rings is 1. The number of carbonyl (C=O) groups excluding carboxylic acids is 1. The Hall–Kier alpha value is -3.03. The van der Waals surface area contributed by atoms with Crippen molar-refractivity contribution in [2.45, 2.75) is 38.1 Å². The highest BCUT2D eigenvalue weighted by atomic mass is 16.5. The Morgan fingerprint density at radius 3 is 2.32 bits per heavy atom. The molecule has 8 nitrogen and oxygen atoms in total. The fraction of sp³-hybridized carbons (Fsp3) is 0.522. The number of urea groups is 1. The van der Waals surface area contributed by atoms with E-state index in [9.17, 15) is 4.79 Å². The van der Waals surface area contributed by atoms with Crippen LogP contribution in [0.4, 0.5) is 10.6 Å². The summed E-state index contributed by atoms with van der Waals surface area (Å²) in [5, 5.41) is 12.0. The highest BCUT2D eigenvalue weighted by Crippen LogP contribution is 2.31. The first-order valence-corrected chi connectivity index (χ1v) is 11.0. The van der Waals surface area contributed by atoms with Crippen LogP contribution < -0.4 is 19.7 Å². The van der Waals surface area contributed by atoms with Gasteiger partial charge in [0.05, 0.1) is 19.9 Å². The molecule has 0 atom stereocenters. The highest BCUT2D eigenvalue weighted by Gasteiger charge is 2.24. The number of carbonyl (C=O) groups is 1. The molecule has 4 rings (SSSR count). The number of hydrogen-bond donors (Lipinski definition) is 1. The molecule has 1 aliphatic heterocycles. The molecule has 1 aromatic heterocycles. The minimum atomic E-state index is 0.0708. The van der Waals surface area contributed by atoms with E-state index in [2.05, 4.69) is 20.4 Å². The van der Waals surface area contributed by atoms with E-state index in [1.807, 2.05) is 35.2 Å². The second-order valence-electron chi connectivity index (χ2n) is 8.11. The van der Waals surface area contributed by atoms with Crippen LogP contribution in [-0.4, -0.2) is 67.6 Å². The molecule has 2 aliphatic rings. The standard InChI is InChI=1S/C23H31N5O3/c1-30-20-10-8-17(16-21(20)31-2)19-9-11-22(26-25-19)27-12-14-28(15-13-27)23(29)24-18-6-4-3-5-7-18/h8-11,16,18H,3-7,12-15H2,1-2H3,(H,24,29). The summed E-state index contributed by atoms with van der Waals surface area (Å²) in [5.74, 6) is 2.17. The lowest BCUT2D eigenvalue weighted by Gasteiger charge is -2.36. The zero-order valence-electron chi connectivity index (χ0n) is 18.3. The lowest BCUT2D eigenvalue weighted by molar-refractivity contribution is 0.186. The number of ether oxygens (including phenoxy) is 2. The first-order valence-electron chi connectivity index (χ1n) is 11.0. The van der Waals surface area contributed by atoms with Crippen molar-refractivity contribution in [3.63, 3.8) is 0 Å². The van der Waals surface area contributed by atoms with E-state index in [-0.39, 0.29) is 6.03 Å². The molecule has 1 aromatic carbocycles. The van der Waals surface area contributed by atoms with Crippen molar-refractivity contribution in [3.05, 3.63) is 30.3 Å². The van der Waals surface area contributed by atoms with Gasteiger partial charge < -0.3 is 24.6 Å². The number of nitrogens with zero attached hydrogens (tertiary/aromatic N) is 4. The summed E-state index contributed by atoms with van der Waals surface area (Å²) in [6, 6.07) is 10.1. The number of hydrogen-bond acceptors (Lipinski definition) is 6. The van der Waals surface area contributed by atoms with E-state index < -0.39 is 0 Å². The van der Waals surface area contributed by atoms with Gasteiger partial charge in [0.25, 0.3) is 0 Å². The number of nitrogens with one attached hydrogen (secondary N) is 1. The minimum Gasteiger partial charge on any atom is -0.493 e. The van der Waals surface area contributed by atoms with Crippen LogP contribution >= 0.6 is 0 Å². The number of aromatic nitrogens is 2. The number of piperazine rings is 1. The monoisotopic (exact) mass is 425 g/mol. The van der Waals surface area contributed by atoms with E-state index in [0.29, 0.717) is 30.6 Å². The van der Waals surface area contributed by atoms with Crippen molar-refractivity contribution in [3.8, 4) is 22.8 Å². The molecule has 0 unspecified atom stereocenters. The van der Waals surface area contributed by atoms with Crippen LogP contribution in [0.2, 0.25) is 0 Å². The third-order valence-electron chi connectivity index (χ3n) is 6.15. The van der Waals surface area contributed by atoms with Crippen LogP contribution in [0.15, 0.2) is 30.3 Å². The fourth-order valence-electron chi connectivity index (χ4n) is 4.29. The summed E-state index contributed by atoms with van der Waals surface area (Å²) in [6.45, 7) is 2.89. The Labute approximate surface area is 183 Å². The molecule has 166 valence electrons. The number of anilines is 1. The topological polar surface area (TPSA) is 79.8 Å². The van der Waals surface area contributed by atoms with Crippen molar-refractivity contribution in [1.82, 2.24) is 20.4 Å². The SMILES string of the molecule is COc1ccc(-c2ccc(N3CCN(C(=O)NC4CCCCC4)CC3)nn2)cc1OC. The quantitative estimate of drug-likeness (QED) is 0.792. The second-order valence-corrected chi connectivity index (χ2v) is 8.11. The molecular formula is C23H31N5O3. The summed E-state index contributed by atoms with van der Waals surface area (Å²) in [7, 11) is 3.23. The van der Waals surface area contributed by atoms with Crippen LogP contribution in [0.5, 0.6) is 11.5 Å². The van der Waals surface area contributed by atoms with Gasteiger partial charge in [-0.3, -0.25) is 0 Å². The minimum absolute atomic E-state index is 0.0708. The third-order valence-corrected chi connectivity index (χ3v) is 6.15. The molecule has 1 aliphatic carbocycles. The summed E-state index contributed by atoms with van der Waals surface area (Å²) >= 11 is 0. The van der Waals surface area contributed by atoms with Gasteiger partial charge in [0, 0.05) is 37.8 Å². The van der Waals surface area contributed by atoms with E-state index in [4.69, 9.17) is 9.47 Å². The maximum atomic E-state index is 12.6. The maximum Gasteiger partial charge on any atom is 0.317 e. The van der Waals surface area contributed by atoms with Crippen molar-refractivity contribution >= 4 is 11.8 Å². The molecule has 2 fully saturated rings. The molecule has 2 aromatic rings. The smallest absolute Gasteiger partial charge is 0.317 e. The predicted octanol–water partition coefficient (Wildman–Crippen LogP) is 3.33. The zero-order chi connectivity index (χ0) is 21.6. The van der Waals surface area contributed by atoms with Gasteiger partial charge in [-0.25, -0.2) is 4.79 Å². The average molecular weight is 426 g/mol. The van der Waals surface area contributed by atoms with Gasteiger partial charge in [0.15, 0.2) is 17.3 Å². The van der Waals surface area contributed by atoms with E-state index in [1.165, 1.54) is 19.3 Å². The van der Waals surface area contributed by atoms with Gasteiger partial charge in [0.1, 0.15) is 0 Å². The molecule has 2 heterocycles. The molecule has 31 heavy (non-hydrogen) atoms. The van der Waals surface area contributed by atoms with Gasteiger partial charge in [-0.05, 0) is 43.2 Å². The molecule has 1 N–H and O–H groups in total. The molecule has 8 heteroatoms. The van der Waals surface area contributed by atoms with Gasteiger partial charge >= 0.3 is 6.03 Å². The number of rotatable bonds is 5. The van der Waals surface area contributed by atoms with Crippen LogP contribution in [0.25, 0.3) is 11.3 Å². The predicted molar refractivity (Wildman–Crippen MR) is 120 cm³/mol. The Balaban J connectivity index is 1.33. The molecule has 0 spiro atoms. The first-order chi connectivity index (χ1) is 15.2. The normalized spacial score (nSPS) is 17.4. The van der Waals surface area contributed by atoms with E-state index >= 15 is 0 Å². The van der Waals surface area contributed by atoms with Crippen molar-refractivity contribution in [2.75, 3.05) is 45.3 Å². The molecule has 2 amide bonds. The van der Waals surface area contributed by atoms with Gasteiger partial charge in [-0.1, -0.05) is 19.3 Å². The second kappa shape index (κ2) is 9.85. The van der Waals surface area contributed by atoms with E-state index in [0.717, 1.165) is 43.0 Å². The lowest BCUT2D eigenvalue weighted by Crippen LogP contribution is -2.53. The van der Waals surface area contributed by atoms with Crippen LogP contribution in [-0.2, 0) is 0 Å². The highest BCUT2D eigenvalue weighted by molar-refractivity contribution is 5.75. The first kappa shape index (κ1) is 21.2. The van der Waals surface area contributed by atoms with Crippen LogP contribution in [0.3, 0.4) is 0 Å². The Morgan fingerprint density at radius 2 is 1.68 bits per heavy atom. The van der Waals surface area contributed by atoms with Gasteiger partial charge in [0.2, 0.25) is 0 Å². The number of methoxy groups -OCH3 is 2. The molecular weight excluding hydrogens is 394 g/mol. The molecule has 0 radical (unpaired) electrons. The average Bonchev–Trinajstić information content (AvgIpc) is 2.84. The molecule has 0 bridgehead atoms. The summed E-state index contributed by atoms with van der Waals surface area (Å²) in [6.07, 6.45) is 5.94. The number of amides is 2. The molecule has 1 saturated heterocycles. The van der Waals surface area contributed by atoms with Gasteiger partial charge in [-0.15, -0.1) is 10.2 Å². The van der Waals surface area contributed by atoms with Crippen molar-refractivity contribution in [2.24, 2.45) is 0 Å².